The summed E-state index contributed by atoms with van der Waals surface area (Å²) in [5.41, 5.74) is 1.87. The van der Waals surface area contributed by atoms with Crippen LogP contribution in [0.25, 0.3) is 21.3 Å². The number of hydrogen-bond acceptors (Lipinski definition) is 5. The maximum absolute atomic E-state index is 13.4. The molecule has 0 spiro atoms. The highest BCUT2D eigenvalue weighted by atomic mass is 32.2. The van der Waals surface area contributed by atoms with Crippen LogP contribution in [0.1, 0.15) is 26.3 Å². The Kier molecular flexibility index (Phi) is 6.32. The number of aromatic nitrogens is 1. The molecule has 2 heterocycles. The number of thiophene rings is 1. The number of fused-ring (bicyclic) bond motifs is 1. The highest BCUT2D eigenvalue weighted by molar-refractivity contribution is 7.90. The minimum absolute atomic E-state index is 0.225. The number of carbonyl (C=O) groups is 1. The van der Waals surface area contributed by atoms with Crippen LogP contribution in [0.15, 0.2) is 77.1 Å². The molecule has 0 saturated heterocycles. The van der Waals surface area contributed by atoms with Crippen molar-refractivity contribution in [2.45, 2.75) is 37.7 Å². The summed E-state index contributed by atoms with van der Waals surface area (Å²) in [5.74, 6) is 0. The second-order valence-corrected chi connectivity index (χ2v) is 11.4. The van der Waals surface area contributed by atoms with E-state index in [4.69, 9.17) is 4.74 Å². The standard InChI is InChI=1S/C25H26N2O4S2/c1-25(2,3)31-24(28)26-14-13-19-17-27(33(29,30)20-8-5-4-6-9-20)22-12-11-18(16-21(19)22)23-10-7-15-32-23/h4-12,15-17H,13-14H2,1-3H3,(H,26,28). The third-order valence-corrected chi connectivity index (χ3v) is 7.63. The first-order chi connectivity index (χ1) is 15.6. The lowest BCUT2D eigenvalue weighted by atomic mass is 10.1. The molecule has 4 rings (SSSR count). The van der Waals surface area contributed by atoms with Crippen molar-refractivity contribution in [2.75, 3.05) is 6.54 Å². The van der Waals surface area contributed by atoms with E-state index in [0.717, 1.165) is 21.4 Å². The number of nitrogens with one attached hydrogen (secondary N) is 1. The molecule has 4 aromatic rings. The van der Waals surface area contributed by atoms with Gasteiger partial charge in [-0.2, -0.15) is 0 Å². The number of rotatable bonds is 6. The van der Waals surface area contributed by atoms with Gasteiger partial charge in [-0.1, -0.05) is 30.3 Å². The predicted molar refractivity (Wildman–Crippen MR) is 132 cm³/mol. The molecule has 0 saturated carbocycles. The lowest BCUT2D eigenvalue weighted by Crippen LogP contribution is -2.33. The fourth-order valence-electron chi connectivity index (χ4n) is 3.58. The number of nitrogens with zero attached hydrogens (tertiary/aromatic N) is 1. The van der Waals surface area contributed by atoms with E-state index in [1.807, 2.05) is 35.7 Å². The van der Waals surface area contributed by atoms with Crippen molar-refractivity contribution in [3.63, 3.8) is 0 Å². The van der Waals surface area contributed by atoms with Crippen LogP contribution >= 0.6 is 11.3 Å². The summed E-state index contributed by atoms with van der Waals surface area (Å²) in [6.45, 7) is 5.74. The van der Waals surface area contributed by atoms with Gasteiger partial charge in [-0.15, -0.1) is 11.3 Å². The predicted octanol–water partition coefficient (Wildman–Crippen LogP) is 5.67. The molecule has 2 aromatic heterocycles. The Morgan fingerprint density at radius 3 is 2.48 bits per heavy atom. The Bertz CT molecular complexity index is 1370. The summed E-state index contributed by atoms with van der Waals surface area (Å²) in [6, 6.07) is 18.2. The maximum Gasteiger partial charge on any atom is 0.407 e. The van der Waals surface area contributed by atoms with Crippen LogP contribution in [0.2, 0.25) is 0 Å². The minimum Gasteiger partial charge on any atom is -0.444 e. The zero-order valence-corrected chi connectivity index (χ0v) is 20.4. The summed E-state index contributed by atoms with van der Waals surface area (Å²) < 4.78 is 33.4. The van der Waals surface area contributed by atoms with Crippen LogP contribution in [0.3, 0.4) is 0 Å². The molecule has 6 nitrogen and oxygen atoms in total. The summed E-state index contributed by atoms with van der Waals surface area (Å²) >= 11 is 1.63. The van der Waals surface area contributed by atoms with Crippen molar-refractivity contribution < 1.29 is 17.9 Å². The topological polar surface area (TPSA) is 77.4 Å². The van der Waals surface area contributed by atoms with E-state index in [1.54, 1.807) is 68.6 Å². The summed E-state index contributed by atoms with van der Waals surface area (Å²) in [5, 5.41) is 5.61. The van der Waals surface area contributed by atoms with Crippen LogP contribution in [-0.4, -0.2) is 30.6 Å². The van der Waals surface area contributed by atoms with Crippen molar-refractivity contribution >= 4 is 38.4 Å². The van der Waals surface area contributed by atoms with Crippen LogP contribution in [-0.2, 0) is 21.2 Å². The van der Waals surface area contributed by atoms with Crippen molar-refractivity contribution in [3.8, 4) is 10.4 Å². The van der Waals surface area contributed by atoms with E-state index in [0.29, 0.717) is 18.5 Å². The molecule has 0 aliphatic heterocycles. The summed E-state index contributed by atoms with van der Waals surface area (Å²) in [7, 11) is -3.77. The molecule has 33 heavy (non-hydrogen) atoms. The van der Waals surface area contributed by atoms with Gasteiger partial charge in [0.1, 0.15) is 5.60 Å². The third-order valence-electron chi connectivity index (χ3n) is 5.02. The molecular formula is C25H26N2O4S2. The van der Waals surface area contributed by atoms with Crippen molar-refractivity contribution in [1.29, 1.82) is 0 Å². The Morgan fingerprint density at radius 2 is 1.82 bits per heavy atom. The van der Waals surface area contributed by atoms with Crippen LogP contribution in [0.5, 0.6) is 0 Å². The van der Waals surface area contributed by atoms with E-state index in [2.05, 4.69) is 5.32 Å². The fourth-order valence-corrected chi connectivity index (χ4v) is 5.72. The first-order valence-electron chi connectivity index (χ1n) is 10.6. The van der Waals surface area contributed by atoms with Crippen LogP contribution in [0.4, 0.5) is 4.79 Å². The SMILES string of the molecule is CC(C)(C)OC(=O)NCCc1cn(S(=O)(=O)c2ccccc2)c2ccc(-c3cccs3)cc12. The quantitative estimate of drug-likeness (QED) is 0.384. The highest BCUT2D eigenvalue weighted by Crippen LogP contribution is 2.32. The van der Waals surface area contributed by atoms with Crippen LogP contribution in [0, 0.1) is 0 Å². The Labute approximate surface area is 197 Å². The number of amides is 1. The van der Waals surface area contributed by atoms with Gasteiger partial charge in [0.2, 0.25) is 0 Å². The Hall–Kier alpha value is -3.10. The van der Waals surface area contributed by atoms with Gasteiger partial charge in [0.25, 0.3) is 10.0 Å². The number of alkyl carbamates (subject to hydrolysis) is 1. The second-order valence-electron chi connectivity index (χ2n) is 8.66. The molecule has 1 amide bonds. The number of benzene rings is 2. The average molecular weight is 483 g/mol. The average Bonchev–Trinajstić information content (AvgIpc) is 3.41. The first kappa shape index (κ1) is 23.1. The molecule has 8 heteroatoms. The second kappa shape index (κ2) is 9.03. The van der Waals surface area contributed by atoms with Gasteiger partial charge < -0.3 is 10.1 Å². The molecule has 0 radical (unpaired) electrons. The molecule has 0 bridgehead atoms. The molecule has 1 N–H and O–H groups in total. The number of ether oxygens (including phenoxy) is 1. The molecule has 0 unspecified atom stereocenters. The van der Waals surface area contributed by atoms with Gasteiger partial charge >= 0.3 is 6.09 Å². The van der Waals surface area contributed by atoms with Gasteiger partial charge in [-0.3, -0.25) is 0 Å². The fraction of sp³-hybridized carbons (Fsp3) is 0.240. The van der Waals surface area contributed by atoms with E-state index >= 15 is 0 Å². The number of hydrogen-bond donors (Lipinski definition) is 1. The maximum atomic E-state index is 13.4. The van der Waals surface area contributed by atoms with Crippen molar-refractivity contribution in [2.24, 2.45) is 0 Å². The largest absolute Gasteiger partial charge is 0.444 e. The van der Waals surface area contributed by atoms with Gasteiger partial charge in [-0.05, 0) is 74.0 Å². The Balaban J connectivity index is 1.71. The molecule has 2 aromatic carbocycles. The zero-order chi connectivity index (χ0) is 23.6. The molecular weight excluding hydrogens is 456 g/mol. The van der Waals surface area contributed by atoms with Crippen molar-refractivity contribution in [1.82, 2.24) is 9.29 Å². The zero-order valence-electron chi connectivity index (χ0n) is 18.7. The summed E-state index contributed by atoms with van der Waals surface area (Å²) in [4.78, 5) is 13.4. The molecule has 0 aliphatic rings. The van der Waals surface area contributed by atoms with Gasteiger partial charge in [0.15, 0.2) is 0 Å². The number of carbonyl (C=O) groups excluding carboxylic acids is 1. The normalized spacial score (nSPS) is 12.1. The van der Waals surface area contributed by atoms with Crippen LogP contribution < -0.4 is 5.32 Å². The lowest BCUT2D eigenvalue weighted by molar-refractivity contribution is 0.0528. The molecule has 0 aliphatic carbocycles. The third kappa shape index (κ3) is 5.12. The highest BCUT2D eigenvalue weighted by Gasteiger charge is 2.22. The van der Waals surface area contributed by atoms with E-state index < -0.39 is 21.7 Å². The van der Waals surface area contributed by atoms with Gasteiger partial charge in [0, 0.05) is 23.0 Å². The molecule has 0 atom stereocenters. The smallest absolute Gasteiger partial charge is 0.407 e. The molecule has 172 valence electrons. The lowest BCUT2D eigenvalue weighted by Gasteiger charge is -2.19. The minimum atomic E-state index is -3.77. The van der Waals surface area contributed by atoms with Crippen molar-refractivity contribution in [3.05, 3.63) is 77.8 Å². The monoisotopic (exact) mass is 482 g/mol. The Morgan fingerprint density at radius 1 is 1.06 bits per heavy atom. The van der Waals surface area contributed by atoms with E-state index in [9.17, 15) is 13.2 Å². The van der Waals surface area contributed by atoms with Gasteiger partial charge in [0.05, 0.1) is 10.4 Å². The van der Waals surface area contributed by atoms with E-state index in [1.165, 1.54) is 3.97 Å². The first-order valence-corrected chi connectivity index (χ1v) is 12.9. The van der Waals surface area contributed by atoms with E-state index in [-0.39, 0.29) is 4.90 Å². The molecule has 0 fully saturated rings. The summed E-state index contributed by atoms with van der Waals surface area (Å²) in [6.07, 6.45) is 1.62. The van der Waals surface area contributed by atoms with Gasteiger partial charge in [-0.25, -0.2) is 17.2 Å².